The maximum Gasteiger partial charge on any atom is 0.135 e. The molecular formula is C22H23FN2. The lowest BCUT2D eigenvalue weighted by Gasteiger charge is -2.18. The molecule has 0 aliphatic carbocycles. The Hall–Kier alpha value is -2.55. The minimum absolute atomic E-state index is 0.219. The standard InChI is InChI=1S/C22H23FN2/c1-14(2)19-17-13-16(23)11-12-18(17)24-21(22(3,4)5)25-20(19)15-9-7-6-8-10-15/h6-13H,1-5H3. The Bertz CT molecular complexity index is 893. The van der Waals surface area contributed by atoms with Crippen LogP contribution in [0.2, 0.25) is 0 Å². The molecule has 0 saturated carbocycles. The van der Waals surface area contributed by atoms with Crippen molar-refractivity contribution >= 4 is 22.8 Å². The number of allylic oxidation sites excluding steroid dienone is 2. The van der Waals surface area contributed by atoms with E-state index in [0.717, 1.165) is 39.5 Å². The number of benzene rings is 2. The third kappa shape index (κ3) is 3.46. The highest BCUT2D eigenvalue weighted by Crippen LogP contribution is 2.37. The lowest BCUT2D eigenvalue weighted by atomic mass is 9.91. The first-order chi connectivity index (χ1) is 11.8. The molecule has 0 radical (unpaired) electrons. The summed E-state index contributed by atoms with van der Waals surface area (Å²) in [7, 11) is 0. The summed E-state index contributed by atoms with van der Waals surface area (Å²) < 4.78 is 14.0. The van der Waals surface area contributed by atoms with E-state index in [0.29, 0.717) is 0 Å². The first kappa shape index (κ1) is 17.3. The normalized spacial score (nSPS) is 14.4. The van der Waals surface area contributed by atoms with Gasteiger partial charge < -0.3 is 0 Å². The summed E-state index contributed by atoms with van der Waals surface area (Å²) in [5.74, 6) is 0.481. The van der Waals surface area contributed by atoms with E-state index >= 15 is 0 Å². The quantitative estimate of drug-likeness (QED) is 0.593. The Morgan fingerprint density at radius 2 is 1.60 bits per heavy atom. The van der Waals surface area contributed by atoms with Crippen molar-refractivity contribution in [2.45, 2.75) is 34.6 Å². The molecule has 0 aromatic heterocycles. The number of fused-ring (bicyclic) bond motifs is 1. The highest BCUT2D eigenvalue weighted by atomic mass is 19.1. The lowest BCUT2D eigenvalue weighted by Crippen LogP contribution is -2.20. The zero-order valence-corrected chi connectivity index (χ0v) is 15.4. The van der Waals surface area contributed by atoms with Gasteiger partial charge in [0.05, 0.1) is 11.4 Å². The fourth-order valence-electron chi connectivity index (χ4n) is 2.88. The van der Waals surface area contributed by atoms with Crippen molar-refractivity contribution in [2.24, 2.45) is 15.4 Å². The van der Waals surface area contributed by atoms with E-state index in [4.69, 9.17) is 9.98 Å². The number of amidine groups is 1. The molecule has 0 fully saturated rings. The highest BCUT2D eigenvalue weighted by molar-refractivity contribution is 6.36. The van der Waals surface area contributed by atoms with Crippen LogP contribution in [0.3, 0.4) is 0 Å². The minimum Gasteiger partial charge on any atom is -0.232 e. The molecule has 0 N–H and O–H groups in total. The molecule has 0 saturated heterocycles. The first-order valence-electron chi connectivity index (χ1n) is 8.48. The molecule has 0 unspecified atom stereocenters. The molecule has 2 aromatic rings. The second-order valence-electron chi connectivity index (χ2n) is 7.55. The summed E-state index contributed by atoms with van der Waals surface area (Å²) in [6, 6.07) is 14.8. The number of rotatable bonds is 1. The number of hydrogen-bond donors (Lipinski definition) is 0. The predicted octanol–water partition coefficient (Wildman–Crippen LogP) is 6.20. The van der Waals surface area contributed by atoms with Gasteiger partial charge in [0.1, 0.15) is 11.7 Å². The van der Waals surface area contributed by atoms with Gasteiger partial charge in [-0.2, -0.15) is 0 Å². The topological polar surface area (TPSA) is 24.7 Å². The molecule has 0 bridgehead atoms. The molecule has 25 heavy (non-hydrogen) atoms. The van der Waals surface area contributed by atoms with Crippen molar-refractivity contribution in [3.8, 4) is 0 Å². The van der Waals surface area contributed by atoms with Crippen LogP contribution in [0.15, 0.2) is 64.1 Å². The van der Waals surface area contributed by atoms with Gasteiger partial charge >= 0.3 is 0 Å². The third-order valence-electron chi connectivity index (χ3n) is 4.13. The molecule has 1 heterocycles. The summed E-state index contributed by atoms with van der Waals surface area (Å²) in [6.07, 6.45) is 0. The van der Waals surface area contributed by atoms with E-state index in [-0.39, 0.29) is 11.2 Å². The van der Waals surface area contributed by atoms with Crippen LogP contribution in [0.1, 0.15) is 45.7 Å². The van der Waals surface area contributed by atoms with Gasteiger partial charge in [-0.25, -0.2) is 14.4 Å². The number of hydrogen-bond acceptors (Lipinski definition) is 2. The van der Waals surface area contributed by atoms with Crippen molar-refractivity contribution in [2.75, 3.05) is 0 Å². The summed E-state index contributed by atoms with van der Waals surface area (Å²) in [5.41, 5.74) is 5.22. The van der Waals surface area contributed by atoms with E-state index in [2.05, 4.69) is 20.8 Å². The Labute approximate surface area is 148 Å². The zero-order chi connectivity index (χ0) is 18.2. The monoisotopic (exact) mass is 334 g/mol. The van der Waals surface area contributed by atoms with Gasteiger partial charge in [0.15, 0.2) is 0 Å². The molecule has 2 nitrogen and oxygen atoms in total. The van der Waals surface area contributed by atoms with Crippen molar-refractivity contribution in [1.29, 1.82) is 0 Å². The van der Waals surface area contributed by atoms with Crippen LogP contribution in [0.25, 0.3) is 5.57 Å². The molecule has 3 rings (SSSR count). The zero-order valence-electron chi connectivity index (χ0n) is 15.4. The molecule has 128 valence electrons. The molecule has 3 heteroatoms. The molecule has 1 aliphatic rings. The van der Waals surface area contributed by atoms with E-state index in [1.54, 1.807) is 12.1 Å². The van der Waals surface area contributed by atoms with Crippen LogP contribution in [0.4, 0.5) is 10.1 Å². The van der Waals surface area contributed by atoms with Crippen molar-refractivity contribution in [3.05, 3.63) is 71.0 Å². The Balaban J connectivity index is 2.38. The van der Waals surface area contributed by atoms with Gasteiger partial charge in [-0.15, -0.1) is 0 Å². The number of nitrogens with zero attached hydrogens (tertiary/aromatic N) is 2. The molecule has 0 atom stereocenters. The predicted molar refractivity (Wildman–Crippen MR) is 104 cm³/mol. The van der Waals surface area contributed by atoms with Crippen LogP contribution in [0.5, 0.6) is 0 Å². The Kier molecular flexibility index (Phi) is 4.42. The average Bonchev–Trinajstić information content (AvgIpc) is 2.72. The SMILES string of the molecule is CC(C)=C1C(c2ccccc2)=NC(C(C)(C)C)=Nc2ccc(F)cc21. The van der Waals surface area contributed by atoms with E-state index < -0.39 is 0 Å². The van der Waals surface area contributed by atoms with Gasteiger partial charge in [0.2, 0.25) is 0 Å². The van der Waals surface area contributed by atoms with Crippen molar-refractivity contribution < 1.29 is 4.39 Å². The lowest BCUT2D eigenvalue weighted by molar-refractivity contribution is 0.585. The van der Waals surface area contributed by atoms with E-state index in [1.165, 1.54) is 6.07 Å². The Morgan fingerprint density at radius 1 is 0.920 bits per heavy atom. The van der Waals surface area contributed by atoms with Crippen molar-refractivity contribution in [1.82, 2.24) is 0 Å². The molecular weight excluding hydrogens is 311 g/mol. The van der Waals surface area contributed by atoms with Crippen molar-refractivity contribution in [3.63, 3.8) is 0 Å². The van der Waals surface area contributed by atoms with Gasteiger partial charge in [-0.3, -0.25) is 0 Å². The second kappa shape index (κ2) is 6.40. The van der Waals surface area contributed by atoms with Crippen LogP contribution in [0, 0.1) is 11.2 Å². The first-order valence-corrected chi connectivity index (χ1v) is 8.48. The Morgan fingerprint density at radius 3 is 2.20 bits per heavy atom. The molecule has 0 spiro atoms. The van der Waals surface area contributed by atoms with Gasteiger partial charge in [-0.1, -0.05) is 56.7 Å². The van der Waals surface area contributed by atoms with Crippen LogP contribution < -0.4 is 0 Å². The number of halogens is 1. The smallest absolute Gasteiger partial charge is 0.135 e. The largest absolute Gasteiger partial charge is 0.232 e. The van der Waals surface area contributed by atoms with E-state index in [9.17, 15) is 4.39 Å². The maximum absolute atomic E-state index is 14.0. The molecule has 0 amide bonds. The van der Waals surface area contributed by atoms with Crippen LogP contribution in [-0.4, -0.2) is 11.5 Å². The fraction of sp³-hybridized carbons (Fsp3) is 0.273. The summed E-state index contributed by atoms with van der Waals surface area (Å²) in [4.78, 5) is 9.74. The van der Waals surface area contributed by atoms with Gasteiger partial charge in [0.25, 0.3) is 0 Å². The summed E-state index contributed by atoms with van der Waals surface area (Å²) in [6.45, 7) is 10.3. The maximum atomic E-state index is 14.0. The average molecular weight is 334 g/mol. The van der Waals surface area contributed by atoms with Crippen LogP contribution >= 0.6 is 0 Å². The summed E-state index contributed by atoms with van der Waals surface area (Å²) in [5, 5.41) is 0. The third-order valence-corrected chi connectivity index (χ3v) is 4.13. The number of aliphatic imine (C=N–C) groups is 2. The van der Waals surface area contributed by atoms with Crippen LogP contribution in [-0.2, 0) is 0 Å². The highest BCUT2D eigenvalue weighted by Gasteiger charge is 2.26. The second-order valence-corrected chi connectivity index (χ2v) is 7.55. The summed E-state index contributed by atoms with van der Waals surface area (Å²) >= 11 is 0. The van der Waals surface area contributed by atoms with Gasteiger partial charge in [0, 0.05) is 22.1 Å². The fourth-order valence-corrected chi connectivity index (χ4v) is 2.88. The van der Waals surface area contributed by atoms with Gasteiger partial charge in [-0.05, 0) is 32.0 Å². The van der Waals surface area contributed by atoms with E-state index in [1.807, 2.05) is 44.2 Å². The molecule has 1 aliphatic heterocycles. The minimum atomic E-state index is -0.265. The molecule has 2 aromatic carbocycles.